The van der Waals surface area contributed by atoms with E-state index < -0.39 is 0 Å². The number of hydrogen-bond acceptors (Lipinski definition) is 4. The fourth-order valence-corrected chi connectivity index (χ4v) is 3.19. The summed E-state index contributed by atoms with van der Waals surface area (Å²) >= 11 is 1.41. The summed E-state index contributed by atoms with van der Waals surface area (Å²) in [4.78, 5) is 17.7. The third-order valence-electron chi connectivity index (χ3n) is 3.41. The zero-order chi connectivity index (χ0) is 15.5. The number of esters is 1. The fourth-order valence-electron chi connectivity index (χ4n) is 2.36. The SMILES string of the molecule is CCn1c(/C=C/c2ccc(C(=O)OC)s2)nc2ccccc21. The van der Waals surface area contributed by atoms with E-state index in [9.17, 15) is 4.79 Å². The van der Waals surface area contributed by atoms with Gasteiger partial charge in [0.2, 0.25) is 0 Å². The average molecular weight is 312 g/mol. The van der Waals surface area contributed by atoms with Gasteiger partial charge in [-0.2, -0.15) is 0 Å². The van der Waals surface area contributed by atoms with Gasteiger partial charge in [0.15, 0.2) is 0 Å². The van der Waals surface area contributed by atoms with Crippen molar-refractivity contribution in [3.05, 3.63) is 52.0 Å². The van der Waals surface area contributed by atoms with Crippen LogP contribution in [-0.4, -0.2) is 22.6 Å². The van der Waals surface area contributed by atoms with E-state index >= 15 is 0 Å². The van der Waals surface area contributed by atoms with Crippen LogP contribution in [0.4, 0.5) is 0 Å². The van der Waals surface area contributed by atoms with Gasteiger partial charge in [-0.1, -0.05) is 12.1 Å². The number of benzene rings is 1. The van der Waals surface area contributed by atoms with Gasteiger partial charge in [0.1, 0.15) is 10.7 Å². The molecule has 0 aliphatic heterocycles. The lowest BCUT2D eigenvalue weighted by Gasteiger charge is -2.01. The number of methoxy groups -OCH3 is 1. The Morgan fingerprint density at radius 1 is 1.27 bits per heavy atom. The lowest BCUT2D eigenvalue weighted by molar-refractivity contribution is 0.0606. The normalized spacial score (nSPS) is 11.4. The van der Waals surface area contributed by atoms with Crippen LogP contribution in [0.15, 0.2) is 36.4 Å². The second-order valence-electron chi connectivity index (χ2n) is 4.73. The van der Waals surface area contributed by atoms with Crippen LogP contribution in [0.1, 0.15) is 27.3 Å². The topological polar surface area (TPSA) is 44.1 Å². The second-order valence-corrected chi connectivity index (χ2v) is 5.85. The maximum Gasteiger partial charge on any atom is 0.348 e. The Morgan fingerprint density at radius 2 is 2.09 bits per heavy atom. The summed E-state index contributed by atoms with van der Waals surface area (Å²) in [6.45, 7) is 2.96. The van der Waals surface area contributed by atoms with Gasteiger partial charge in [-0.25, -0.2) is 9.78 Å². The number of imidazole rings is 1. The minimum absolute atomic E-state index is 0.301. The molecule has 22 heavy (non-hydrogen) atoms. The van der Waals surface area contributed by atoms with E-state index in [1.165, 1.54) is 18.4 Å². The zero-order valence-corrected chi connectivity index (χ0v) is 13.3. The standard InChI is InChI=1S/C17H16N2O2S/c1-3-19-14-7-5-4-6-13(14)18-16(19)11-9-12-8-10-15(22-12)17(20)21-2/h4-11H,3H2,1-2H3/b11-9+. The Labute approximate surface area is 132 Å². The molecule has 0 radical (unpaired) electrons. The molecule has 3 rings (SSSR count). The maximum atomic E-state index is 11.5. The van der Waals surface area contributed by atoms with Crippen molar-refractivity contribution in [1.29, 1.82) is 0 Å². The number of carbonyl (C=O) groups excluding carboxylic acids is 1. The van der Waals surface area contributed by atoms with Gasteiger partial charge in [0, 0.05) is 11.4 Å². The molecule has 112 valence electrons. The van der Waals surface area contributed by atoms with Gasteiger partial charge < -0.3 is 9.30 Å². The quantitative estimate of drug-likeness (QED) is 0.682. The second kappa shape index (κ2) is 6.15. The van der Waals surface area contributed by atoms with E-state index in [1.54, 1.807) is 6.07 Å². The molecule has 0 saturated heterocycles. The van der Waals surface area contributed by atoms with Crippen LogP contribution >= 0.6 is 11.3 Å². The van der Waals surface area contributed by atoms with Gasteiger partial charge >= 0.3 is 5.97 Å². The number of para-hydroxylation sites is 2. The van der Waals surface area contributed by atoms with E-state index in [0.29, 0.717) is 4.88 Å². The first-order valence-corrected chi connectivity index (χ1v) is 7.86. The van der Waals surface area contributed by atoms with Crippen molar-refractivity contribution in [3.8, 4) is 0 Å². The summed E-state index contributed by atoms with van der Waals surface area (Å²) in [5.74, 6) is 0.613. The number of carbonyl (C=O) groups is 1. The molecule has 0 unspecified atom stereocenters. The number of fused-ring (bicyclic) bond motifs is 1. The van der Waals surface area contributed by atoms with Gasteiger partial charge in [-0.05, 0) is 43.3 Å². The van der Waals surface area contributed by atoms with Gasteiger partial charge in [-0.3, -0.25) is 0 Å². The summed E-state index contributed by atoms with van der Waals surface area (Å²) in [7, 11) is 1.39. The number of aryl methyl sites for hydroxylation is 1. The molecule has 0 bridgehead atoms. The first-order chi connectivity index (χ1) is 10.7. The van der Waals surface area contributed by atoms with Gasteiger partial charge in [-0.15, -0.1) is 11.3 Å². The summed E-state index contributed by atoms with van der Waals surface area (Å²) in [5.41, 5.74) is 2.12. The Balaban J connectivity index is 1.92. The molecular formula is C17H16N2O2S. The number of rotatable bonds is 4. The Morgan fingerprint density at radius 3 is 2.86 bits per heavy atom. The van der Waals surface area contributed by atoms with Crippen molar-refractivity contribution in [2.75, 3.05) is 7.11 Å². The molecule has 2 aromatic heterocycles. The minimum atomic E-state index is -0.301. The molecule has 0 aliphatic carbocycles. The molecule has 5 heteroatoms. The molecule has 0 spiro atoms. The van der Waals surface area contributed by atoms with Crippen molar-refractivity contribution in [2.45, 2.75) is 13.5 Å². The predicted octanol–water partition coefficient (Wildman–Crippen LogP) is 4.07. The van der Waals surface area contributed by atoms with Crippen LogP contribution in [-0.2, 0) is 11.3 Å². The monoisotopic (exact) mass is 312 g/mol. The fraction of sp³-hybridized carbons (Fsp3) is 0.176. The molecule has 0 fully saturated rings. The molecule has 2 heterocycles. The van der Waals surface area contributed by atoms with Crippen LogP contribution < -0.4 is 0 Å². The largest absolute Gasteiger partial charge is 0.465 e. The molecule has 0 N–H and O–H groups in total. The zero-order valence-electron chi connectivity index (χ0n) is 12.4. The molecule has 3 aromatic rings. The highest BCUT2D eigenvalue weighted by atomic mass is 32.1. The van der Waals surface area contributed by atoms with Crippen LogP contribution in [0.2, 0.25) is 0 Å². The Hall–Kier alpha value is -2.40. The highest BCUT2D eigenvalue weighted by Gasteiger charge is 2.09. The summed E-state index contributed by atoms with van der Waals surface area (Å²) < 4.78 is 6.89. The van der Waals surface area contributed by atoms with Crippen molar-refractivity contribution >= 4 is 40.5 Å². The number of aromatic nitrogens is 2. The molecule has 0 aliphatic rings. The van der Waals surface area contributed by atoms with Crippen LogP contribution in [0.25, 0.3) is 23.2 Å². The van der Waals surface area contributed by atoms with E-state index in [1.807, 2.05) is 36.4 Å². The number of hydrogen-bond donors (Lipinski definition) is 0. The Bertz CT molecular complexity index is 845. The van der Waals surface area contributed by atoms with E-state index in [-0.39, 0.29) is 5.97 Å². The van der Waals surface area contributed by atoms with Crippen molar-refractivity contribution in [2.24, 2.45) is 0 Å². The summed E-state index contributed by atoms with van der Waals surface area (Å²) in [5, 5.41) is 0. The van der Waals surface area contributed by atoms with E-state index in [4.69, 9.17) is 4.74 Å². The van der Waals surface area contributed by atoms with Crippen LogP contribution in [0.3, 0.4) is 0 Å². The number of nitrogens with zero attached hydrogens (tertiary/aromatic N) is 2. The molecular weight excluding hydrogens is 296 g/mol. The van der Waals surface area contributed by atoms with Crippen molar-refractivity contribution in [1.82, 2.24) is 9.55 Å². The number of thiophene rings is 1. The minimum Gasteiger partial charge on any atom is -0.465 e. The van der Waals surface area contributed by atoms with Crippen molar-refractivity contribution in [3.63, 3.8) is 0 Å². The first-order valence-electron chi connectivity index (χ1n) is 7.04. The number of ether oxygens (including phenoxy) is 1. The highest BCUT2D eigenvalue weighted by Crippen LogP contribution is 2.21. The van der Waals surface area contributed by atoms with Crippen LogP contribution in [0, 0.1) is 0 Å². The summed E-state index contributed by atoms with van der Waals surface area (Å²) in [6.07, 6.45) is 3.96. The average Bonchev–Trinajstić information content (AvgIpc) is 3.16. The smallest absolute Gasteiger partial charge is 0.348 e. The van der Waals surface area contributed by atoms with E-state index in [2.05, 4.69) is 22.5 Å². The lowest BCUT2D eigenvalue weighted by Crippen LogP contribution is -1.96. The molecule has 1 aromatic carbocycles. The maximum absolute atomic E-state index is 11.5. The molecule has 0 amide bonds. The Kier molecular flexibility index (Phi) is 4.06. The lowest BCUT2D eigenvalue weighted by atomic mass is 10.3. The molecule has 4 nitrogen and oxygen atoms in total. The summed E-state index contributed by atoms with van der Waals surface area (Å²) in [6, 6.07) is 11.8. The first kappa shape index (κ1) is 14.5. The predicted molar refractivity (Wildman–Crippen MR) is 90.0 cm³/mol. The third-order valence-corrected chi connectivity index (χ3v) is 4.44. The van der Waals surface area contributed by atoms with Crippen LogP contribution in [0.5, 0.6) is 0 Å². The van der Waals surface area contributed by atoms with Gasteiger partial charge in [0.05, 0.1) is 18.1 Å². The molecule has 0 saturated carbocycles. The highest BCUT2D eigenvalue weighted by molar-refractivity contribution is 7.14. The van der Waals surface area contributed by atoms with Gasteiger partial charge in [0.25, 0.3) is 0 Å². The van der Waals surface area contributed by atoms with Crippen molar-refractivity contribution < 1.29 is 9.53 Å². The molecule has 0 atom stereocenters. The third kappa shape index (κ3) is 2.67. The van der Waals surface area contributed by atoms with E-state index in [0.717, 1.165) is 28.3 Å².